The van der Waals surface area contributed by atoms with Crippen LogP contribution in [0.3, 0.4) is 0 Å². The third-order valence-corrected chi connectivity index (χ3v) is 5.80. The predicted octanol–water partition coefficient (Wildman–Crippen LogP) is -0.521. The van der Waals surface area contributed by atoms with Gasteiger partial charge >= 0.3 is 23.5 Å². The molecule has 4 atom stereocenters. The lowest BCUT2D eigenvalue weighted by Crippen LogP contribution is -2.25. The molecule has 1 saturated heterocycles. The zero-order chi connectivity index (χ0) is 15.6. The number of rotatable bonds is 7. The summed E-state index contributed by atoms with van der Waals surface area (Å²) in [5.74, 6) is 0. The topological polar surface area (TPSA) is 189 Å². The van der Waals surface area contributed by atoms with E-state index >= 15 is 0 Å². The molecule has 0 spiro atoms. The molecule has 20 heavy (non-hydrogen) atoms. The highest BCUT2D eigenvalue weighted by Gasteiger charge is 2.41. The molecule has 0 radical (unpaired) electrons. The van der Waals surface area contributed by atoms with Gasteiger partial charge in [-0.05, 0) is 6.42 Å². The molecule has 12 nitrogen and oxygen atoms in total. The third-order valence-electron chi connectivity index (χ3n) is 1.99. The minimum atomic E-state index is -5.52. The van der Waals surface area contributed by atoms with Gasteiger partial charge in [-0.3, -0.25) is 4.52 Å². The van der Waals surface area contributed by atoms with Gasteiger partial charge in [-0.25, -0.2) is 13.7 Å². The van der Waals surface area contributed by atoms with Gasteiger partial charge < -0.3 is 29.4 Å². The maximum atomic E-state index is 11.3. The fraction of sp³-hybridized carbons (Fsp3) is 1.00. The Hall–Kier alpha value is 0.330. The minimum Gasteiger partial charge on any atom is -0.390 e. The van der Waals surface area contributed by atoms with Gasteiger partial charge in [-0.1, -0.05) is 0 Å². The van der Waals surface area contributed by atoms with E-state index in [0.29, 0.717) is 0 Å². The molecule has 5 N–H and O–H groups in total. The summed E-state index contributed by atoms with van der Waals surface area (Å²) < 4.78 is 48.8. The first-order valence-electron chi connectivity index (χ1n) is 4.98. The van der Waals surface area contributed by atoms with Crippen LogP contribution in [0.1, 0.15) is 6.42 Å². The van der Waals surface area contributed by atoms with E-state index in [0.717, 1.165) is 0 Å². The van der Waals surface area contributed by atoms with Crippen LogP contribution in [0, 0.1) is 0 Å². The summed E-state index contributed by atoms with van der Waals surface area (Å²) in [6.45, 7) is -0.434. The molecule has 15 heteroatoms. The van der Waals surface area contributed by atoms with Crippen molar-refractivity contribution >= 4 is 23.5 Å². The molecule has 0 aromatic rings. The van der Waals surface area contributed by atoms with Gasteiger partial charge in [0.1, 0.15) is 6.10 Å². The number of aliphatic hydroxyl groups is 1. The van der Waals surface area contributed by atoms with Gasteiger partial charge in [-0.15, -0.1) is 0 Å². The average Bonchev–Trinajstić information content (AvgIpc) is 2.55. The van der Waals surface area contributed by atoms with Crippen LogP contribution >= 0.6 is 23.5 Å². The van der Waals surface area contributed by atoms with Crippen molar-refractivity contribution < 1.29 is 56.3 Å². The van der Waals surface area contributed by atoms with E-state index in [9.17, 15) is 18.8 Å². The normalized spacial score (nSPS) is 29.9. The van der Waals surface area contributed by atoms with Gasteiger partial charge in [0.25, 0.3) is 0 Å². The third kappa shape index (κ3) is 6.86. The molecule has 120 valence electrons. The largest absolute Gasteiger partial charge is 0.490 e. The average molecular weight is 358 g/mol. The lowest BCUT2D eigenvalue weighted by molar-refractivity contribution is 0.00363. The van der Waals surface area contributed by atoms with E-state index in [4.69, 9.17) is 24.3 Å². The van der Waals surface area contributed by atoms with Crippen molar-refractivity contribution in [3.8, 4) is 0 Å². The van der Waals surface area contributed by atoms with Crippen LogP contribution in [0.5, 0.6) is 0 Å². The number of phosphoric ester groups is 1. The van der Waals surface area contributed by atoms with E-state index in [-0.39, 0.29) is 13.0 Å². The van der Waals surface area contributed by atoms with E-state index in [2.05, 4.69) is 13.1 Å². The molecule has 0 aromatic heterocycles. The molecular weight excluding hydrogens is 345 g/mol. The molecule has 0 saturated carbocycles. The molecule has 0 bridgehead atoms. The van der Waals surface area contributed by atoms with Crippen molar-refractivity contribution in [3.63, 3.8) is 0 Å². The molecule has 1 heterocycles. The van der Waals surface area contributed by atoms with Gasteiger partial charge in [0.2, 0.25) is 0 Å². The molecule has 1 aliphatic rings. The Bertz CT molecular complexity index is 470. The highest BCUT2D eigenvalue weighted by Crippen LogP contribution is 2.66. The molecule has 0 aliphatic carbocycles. The number of hydrogen-bond acceptors (Lipinski definition) is 8. The Morgan fingerprint density at radius 3 is 2.10 bits per heavy atom. The molecule has 0 amide bonds. The first-order chi connectivity index (χ1) is 8.90. The molecule has 2 unspecified atom stereocenters. The predicted molar refractivity (Wildman–Crippen MR) is 60.2 cm³/mol. The monoisotopic (exact) mass is 358 g/mol. The summed E-state index contributed by atoms with van der Waals surface area (Å²) in [6, 6.07) is 0. The lowest BCUT2D eigenvalue weighted by Gasteiger charge is -2.18. The highest BCUT2D eigenvalue weighted by molar-refractivity contribution is 7.66. The standard InChI is InChI=1S/C5H13O12P3/c6-4-1-2-14-5(4)3-15-19(10,11)17-20(12,13)16-18(7,8)9/h4-6H,1-3H2,(H,10,11)(H,12,13)(H2,7,8,9)/t4-,5+/m0/s1. The van der Waals surface area contributed by atoms with Crippen LogP contribution in [-0.4, -0.2) is 50.1 Å². The second kappa shape index (κ2) is 6.62. The maximum absolute atomic E-state index is 11.3. The van der Waals surface area contributed by atoms with Crippen molar-refractivity contribution in [2.45, 2.75) is 18.6 Å². The summed E-state index contributed by atoms with van der Waals surface area (Å²) in [5, 5.41) is 9.32. The molecule has 1 fully saturated rings. The fourth-order valence-electron chi connectivity index (χ4n) is 1.27. The van der Waals surface area contributed by atoms with E-state index in [1.807, 2.05) is 0 Å². The van der Waals surface area contributed by atoms with Gasteiger partial charge in [0.05, 0.1) is 12.7 Å². The quantitative estimate of drug-likeness (QED) is 0.367. The number of phosphoric acid groups is 3. The van der Waals surface area contributed by atoms with Crippen LogP contribution in [-0.2, 0) is 31.6 Å². The molecule has 1 aliphatic heterocycles. The smallest absolute Gasteiger partial charge is 0.390 e. The van der Waals surface area contributed by atoms with Crippen molar-refractivity contribution in [2.75, 3.05) is 13.2 Å². The first-order valence-corrected chi connectivity index (χ1v) is 9.50. The van der Waals surface area contributed by atoms with Gasteiger partial charge in [-0.2, -0.15) is 8.62 Å². The van der Waals surface area contributed by atoms with Crippen LogP contribution in [0.2, 0.25) is 0 Å². The van der Waals surface area contributed by atoms with E-state index in [1.54, 1.807) is 0 Å². The SMILES string of the molecule is O=P(O)(O)OP(=O)(O)OP(=O)(O)OC[C@H]1OCC[C@@H]1O. The summed E-state index contributed by atoms with van der Waals surface area (Å²) in [5.41, 5.74) is 0. The van der Waals surface area contributed by atoms with Gasteiger partial charge in [0.15, 0.2) is 0 Å². The Morgan fingerprint density at radius 2 is 1.65 bits per heavy atom. The maximum Gasteiger partial charge on any atom is 0.490 e. The first kappa shape index (κ1) is 18.4. The summed E-state index contributed by atoms with van der Waals surface area (Å²) in [4.78, 5) is 34.6. The summed E-state index contributed by atoms with van der Waals surface area (Å²) >= 11 is 0. The molecule has 0 aromatic carbocycles. The molecule has 1 rings (SSSR count). The second-order valence-corrected chi connectivity index (χ2v) is 8.07. The number of hydrogen-bond donors (Lipinski definition) is 5. The van der Waals surface area contributed by atoms with Crippen LogP contribution in [0.4, 0.5) is 0 Å². The van der Waals surface area contributed by atoms with Crippen LogP contribution in [0.15, 0.2) is 0 Å². The van der Waals surface area contributed by atoms with Crippen LogP contribution in [0.25, 0.3) is 0 Å². The van der Waals surface area contributed by atoms with E-state index in [1.165, 1.54) is 0 Å². The zero-order valence-corrected chi connectivity index (χ0v) is 12.4. The number of ether oxygens (including phenoxy) is 1. The van der Waals surface area contributed by atoms with Crippen molar-refractivity contribution in [1.82, 2.24) is 0 Å². The minimum absolute atomic E-state index is 0.200. The fourth-order valence-corrected chi connectivity index (χ4v) is 4.30. The highest BCUT2D eigenvalue weighted by atomic mass is 31.3. The Labute approximate surface area is 112 Å². The summed E-state index contributed by atoms with van der Waals surface area (Å²) in [7, 11) is -16.1. The Kier molecular flexibility index (Phi) is 6.08. The lowest BCUT2D eigenvalue weighted by atomic mass is 10.2. The summed E-state index contributed by atoms with van der Waals surface area (Å²) in [6.07, 6.45) is -1.59. The van der Waals surface area contributed by atoms with Crippen molar-refractivity contribution in [3.05, 3.63) is 0 Å². The van der Waals surface area contributed by atoms with Crippen molar-refractivity contribution in [1.29, 1.82) is 0 Å². The van der Waals surface area contributed by atoms with Gasteiger partial charge in [0, 0.05) is 6.61 Å². The Morgan fingerprint density at radius 1 is 1.05 bits per heavy atom. The Balaban J connectivity index is 2.54. The van der Waals surface area contributed by atoms with E-state index < -0.39 is 42.3 Å². The molecular formula is C5H13O12P3. The second-order valence-electron chi connectivity index (χ2n) is 3.65. The number of aliphatic hydroxyl groups excluding tert-OH is 1. The zero-order valence-electron chi connectivity index (χ0n) is 9.71. The van der Waals surface area contributed by atoms with Crippen molar-refractivity contribution in [2.24, 2.45) is 0 Å². The van der Waals surface area contributed by atoms with Crippen LogP contribution < -0.4 is 0 Å².